The lowest BCUT2D eigenvalue weighted by molar-refractivity contribution is -0.119. The summed E-state index contributed by atoms with van der Waals surface area (Å²) < 4.78 is 0. The summed E-state index contributed by atoms with van der Waals surface area (Å²) in [5.41, 5.74) is 6.00. The second-order valence-electron chi connectivity index (χ2n) is 11.6. The van der Waals surface area contributed by atoms with E-state index in [9.17, 15) is 9.59 Å². The Balaban J connectivity index is 1.58. The molecule has 198 valence electrons. The van der Waals surface area contributed by atoms with Crippen molar-refractivity contribution in [2.24, 2.45) is 0 Å². The molecule has 0 bridgehead atoms. The summed E-state index contributed by atoms with van der Waals surface area (Å²) in [4.78, 5) is 30.8. The van der Waals surface area contributed by atoms with Crippen LogP contribution < -0.4 is 10.2 Å². The van der Waals surface area contributed by atoms with Gasteiger partial charge in [0.25, 0.3) is 0 Å². The number of hydrogen-bond donors (Lipinski definition) is 1. The number of carbonyl (C=O) groups excluding carboxylic acids is 2. The van der Waals surface area contributed by atoms with E-state index < -0.39 is 6.04 Å². The van der Waals surface area contributed by atoms with Gasteiger partial charge in [0.1, 0.15) is 6.04 Å². The number of nitrogens with zero attached hydrogens (tertiary/aromatic N) is 1. The number of ketones is 1. The van der Waals surface area contributed by atoms with Crippen molar-refractivity contribution in [2.45, 2.75) is 83.6 Å². The van der Waals surface area contributed by atoms with Crippen molar-refractivity contribution >= 4 is 34.4 Å². The quantitative estimate of drug-likeness (QED) is 0.328. The predicted molar refractivity (Wildman–Crippen MR) is 158 cm³/mol. The Hall–Kier alpha value is -3.18. The van der Waals surface area contributed by atoms with Gasteiger partial charge in [0.15, 0.2) is 5.78 Å². The molecule has 0 saturated heterocycles. The van der Waals surface area contributed by atoms with Gasteiger partial charge in [-0.15, -0.1) is 11.3 Å². The Morgan fingerprint density at radius 2 is 1.76 bits per heavy atom. The summed E-state index contributed by atoms with van der Waals surface area (Å²) in [6.07, 6.45) is 4.60. The van der Waals surface area contributed by atoms with Gasteiger partial charge < -0.3 is 5.32 Å². The summed E-state index contributed by atoms with van der Waals surface area (Å²) in [7, 11) is 0. The molecule has 0 radical (unpaired) electrons. The number of nitrogens with one attached hydrogen (secondary N) is 1. The number of Topliss-reactive ketones (excluding diaryl/α,β-unsaturated/α-hetero) is 1. The van der Waals surface area contributed by atoms with Crippen LogP contribution in [-0.2, 0) is 15.0 Å². The topological polar surface area (TPSA) is 49.4 Å². The van der Waals surface area contributed by atoms with Gasteiger partial charge in [-0.1, -0.05) is 83.0 Å². The molecule has 1 aromatic heterocycles. The zero-order valence-electron chi connectivity index (χ0n) is 22.9. The van der Waals surface area contributed by atoms with Crippen LogP contribution in [0.5, 0.6) is 0 Å². The van der Waals surface area contributed by atoms with Crippen LogP contribution in [0.25, 0.3) is 0 Å². The van der Waals surface area contributed by atoms with Crippen LogP contribution in [0.3, 0.4) is 0 Å². The zero-order valence-corrected chi connectivity index (χ0v) is 23.7. The molecule has 0 fully saturated rings. The molecule has 5 heteroatoms. The third kappa shape index (κ3) is 5.22. The minimum absolute atomic E-state index is 0.0764. The van der Waals surface area contributed by atoms with Gasteiger partial charge in [0, 0.05) is 29.0 Å². The Labute approximate surface area is 230 Å². The van der Waals surface area contributed by atoms with E-state index in [1.165, 1.54) is 11.1 Å². The van der Waals surface area contributed by atoms with Gasteiger partial charge in [-0.25, -0.2) is 0 Å². The minimum Gasteiger partial charge on any atom is -0.357 e. The molecular formula is C33H38N2O2S. The van der Waals surface area contributed by atoms with Crippen LogP contribution >= 0.6 is 11.3 Å². The molecule has 2 heterocycles. The second kappa shape index (κ2) is 10.9. The number of amides is 1. The average molecular weight is 527 g/mol. The molecule has 4 nitrogen and oxygen atoms in total. The fourth-order valence-corrected chi connectivity index (χ4v) is 6.54. The number of carbonyl (C=O) groups is 2. The fourth-order valence-electron chi connectivity index (χ4n) is 5.72. The molecule has 1 aliphatic heterocycles. The van der Waals surface area contributed by atoms with E-state index in [1.54, 1.807) is 11.3 Å². The van der Waals surface area contributed by atoms with E-state index in [1.807, 2.05) is 40.6 Å². The second-order valence-corrected chi connectivity index (χ2v) is 12.6. The Morgan fingerprint density at radius 3 is 2.45 bits per heavy atom. The molecule has 2 aliphatic rings. The zero-order chi connectivity index (χ0) is 26.9. The standard InChI is InChI=1S/C33H38N2O2S/c1-5-6-7-14-30(37)35-27-12-9-8-11-25(27)34-26-20-23(22-15-17-24(18-16-22)33(2,3)4)21-28(36)31(26)32(35)29-13-10-19-38-29/h8-13,15-19,23,32,34H,5-7,14,20-21H2,1-4H3/t23-,32-/m1/s1. The SMILES string of the molecule is CCCCCC(=O)N1c2ccccc2NC2=C(C(=O)C[C@H](c3ccc(C(C)(C)C)cc3)C2)[C@H]1c1cccs1. The highest BCUT2D eigenvalue weighted by Crippen LogP contribution is 2.48. The van der Waals surface area contributed by atoms with Crippen LogP contribution in [0.2, 0.25) is 0 Å². The fraction of sp³-hybridized carbons (Fsp3) is 0.394. The third-order valence-electron chi connectivity index (χ3n) is 7.81. The number of unbranched alkanes of at least 4 members (excludes halogenated alkanes) is 2. The molecule has 2 atom stereocenters. The van der Waals surface area contributed by atoms with Crippen molar-refractivity contribution in [2.75, 3.05) is 10.2 Å². The first-order chi connectivity index (χ1) is 18.3. The molecule has 3 aromatic rings. The van der Waals surface area contributed by atoms with Crippen LogP contribution in [0.1, 0.15) is 94.2 Å². The summed E-state index contributed by atoms with van der Waals surface area (Å²) in [5, 5.41) is 5.67. The largest absolute Gasteiger partial charge is 0.357 e. The van der Waals surface area contributed by atoms with Crippen molar-refractivity contribution < 1.29 is 9.59 Å². The highest BCUT2D eigenvalue weighted by molar-refractivity contribution is 7.10. The highest BCUT2D eigenvalue weighted by Gasteiger charge is 2.41. The van der Waals surface area contributed by atoms with Gasteiger partial charge in [-0.3, -0.25) is 14.5 Å². The predicted octanol–water partition coefficient (Wildman–Crippen LogP) is 8.53. The minimum atomic E-state index is -0.410. The van der Waals surface area contributed by atoms with Crippen molar-refractivity contribution in [3.63, 3.8) is 0 Å². The van der Waals surface area contributed by atoms with Crippen LogP contribution in [0.4, 0.5) is 11.4 Å². The molecule has 0 unspecified atom stereocenters. The highest BCUT2D eigenvalue weighted by atomic mass is 32.1. The molecule has 1 amide bonds. The van der Waals surface area contributed by atoms with Crippen molar-refractivity contribution in [1.82, 2.24) is 0 Å². The summed E-state index contributed by atoms with van der Waals surface area (Å²) >= 11 is 1.61. The van der Waals surface area contributed by atoms with E-state index in [0.29, 0.717) is 12.8 Å². The van der Waals surface area contributed by atoms with Gasteiger partial charge >= 0.3 is 0 Å². The lowest BCUT2D eigenvalue weighted by atomic mass is 9.78. The number of hydrogen-bond acceptors (Lipinski definition) is 4. The maximum absolute atomic E-state index is 14.0. The van der Waals surface area contributed by atoms with E-state index in [-0.39, 0.29) is 23.0 Å². The number of anilines is 2. The smallest absolute Gasteiger partial charge is 0.227 e. The number of thiophene rings is 1. The molecule has 0 saturated carbocycles. The average Bonchev–Trinajstić information content (AvgIpc) is 3.38. The van der Waals surface area contributed by atoms with Gasteiger partial charge in [0.2, 0.25) is 5.91 Å². The van der Waals surface area contributed by atoms with E-state index in [4.69, 9.17) is 0 Å². The molecule has 38 heavy (non-hydrogen) atoms. The lowest BCUT2D eigenvalue weighted by Crippen LogP contribution is -2.38. The van der Waals surface area contributed by atoms with E-state index >= 15 is 0 Å². The van der Waals surface area contributed by atoms with E-state index in [2.05, 4.69) is 63.3 Å². The maximum atomic E-state index is 14.0. The van der Waals surface area contributed by atoms with E-state index in [0.717, 1.165) is 53.2 Å². The van der Waals surface area contributed by atoms with Gasteiger partial charge in [-0.05, 0) is 58.9 Å². The van der Waals surface area contributed by atoms with Crippen molar-refractivity contribution in [3.8, 4) is 0 Å². The molecule has 1 N–H and O–H groups in total. The molecule has 5 rings (SSSR count). The van der Waals surface area contributed by atoms with Gasteiger partial charge in [-0.2, -0.15) is 0 Å². The normalized spacial score (nSPS) is 19.5. The van der Waals surface area contributed by atoms with Crippen LogP contribution in [0, 0.1) is 0 Å². The summed E-state index contributed by atoms with van der Waals surface area (Å²) in [6, 6.07) is 20.4. The van der Waals surface area contributed by atoms with Gasteiger partial charge in [0.05, 0.1) is 11.4 Å². The first-order valence-corrected chi connectivity index (χ1v) is 14.7. The number of fused-ring (bicyclic) bond motifs is 1. The first-order valence-electron chi connectivity index (χ1n) is 13.9. The van der Waals surface area contributed by atoms with Crippen LogP contribution in [-0.4, -0.2) is 11.7 Å². The first kappa shape index (κ1) is 26.4. The third-order valence-corrected chi connectivity index (χ3v) is 8.74. The van der Waals surface area contributed by atoms with Crippen molar-refractivity contribution in [3.05, 3.63) is 93.3 Å². The Kier molecular flexibility index (Phi) is 7.58. The summed E-state index contributed by atoms with van der Waals surface area (Å²) in [5.74, 6) is 0.305. The molecule has 2 aromatic carbocycles. The molecule has 1 aliphatic carbocycles. The lowest BCUT2D eigenvalue weighted by Gasteiger charge is -2.34. The molecular weight excluding hydrogens is 488 g/mol. The monoisotopic (exact) mass is 526 g/mol. The number of rotatable bonds is 6. The number of benzene rings is 2. The van der Waals surface area contributed by atoms with Crippen molar-refractivity contribution in [1.29, 1.82) is 0 Å². The Bertz CT molecular complexity index is 1330. The molecule has 0 spiro atoms. The number of para-hydroxylation sites is 2. The Morgan fingerprint density at radius 1 is 1.00 bits per heavy atom. The maximum Gasteiger partial charge on any atom is 0.227 e. The number of allylic oxidation sites excluding steroid dienone is 1. The van der Waals surface area contributed by atoms with Crippen LogP contribution in [0.15, 0.2) is 77.3 Å². The summed E-state index contributed by atoms with van der Waals surface area (Å²) in [6.45, 7) is 8.80.